The highest BCUT2D eigenvalue weighted by atomic mass is 35.5. The van der Waals surface area contributed by atoms with Crippen LogP contribution in [0, 0.1) is 0 Å². The third-order valence-corrected chi connectivity index (χ3v) is 6.76. The Balaban J connectivity index is 1.77. The molecule has 0 aliphatic carbocycles. The number of carbonyl (C=O) groups is 1. The fraction of sp³-hybridized carbons (Fsp3) is 0.650. The van der Waals surface area contributed by atoms with Gasteiger partial charge in [0, 0.05) is 25.3 Å². The van der Waals surface area contributed by atoms with Crippen LogP contribution in [0.1, 0.15) is 6.92 Å². The Bertz CT molecular complexity index is 698. The first-order valence-electron chi connectivity index (χ1n) is 10.0. The van der Waals surface area contributed by atoms with Gasteiger partial charge in [-0.1, -0.05) is 18.2 Å². The third kappa shape index (κ3) is 5.04. The van der Waals surface area contributed by atoms with Gasteiger partial charge in [0.2, 0.25) is 5.91 Å². The number of halogens is 1. The number of para-hydroxylation sites is 1. The summed E-state index contributed by atoms with van der Waals surface area (Å²) in [6.07, 6.45) is -3.24. The van der Waals surface area contributed by atoms with Gasteiger partial charge in [-0.25, -0.2) is 0 Å². The lowest BCUT2D eigenvalue weighted by molar-refractivity contribution is -0.205. The minimum atomic E-state index is -1.40. The molecule has 1 aromatic carbocycles. The van der Waals surface area contributed by atoms with Crippen LogP contribution < -0.4 is 15.5 Å². The van der Waals surface area contributed by atoms with E-state index in [4.69, 9.17) is 16.3 Å². The van der Waals surface area contributed by atoms with Crippen molar-refractivity contribution in [2.24, 2.45) is 0 Å². The number of ether oxygens (including phenoxy) is 1. The highest BCUT2D eigenvalue weighted by molar-refractivity contribution is 7.99. The summed E-state index contributed by atoms with van der Waals surface area (Å²) in [5.41, 5.74) is 0.213. The molecule has 8 atom stereocenters. The Hall–Kier alpha value is -1.07. The highest BCUT2D eigenvalue weighted by Gasteiger charge is 2.48. The van der Waals surface area contributed by atoms with Crippen LogP contribution in [0.25, 0.3) is 0 Å². The van der Waals surface area contributed by atoms with Gasteiger partial charge in [-0.3, -0.25) is 4.79 Å². The molecular formula is C20H30ClN3O5S. The van der Waals surface area contributed by atoms with Crippen molar-refractivity contribution >= 4 is 35.0 Å². The molecular weight excluding hydrogens is 430 g/mol. The number of aliphatic hydroxyl groups excluding tert-OH is 3. The van der Waals surface area contributed by atoms with Crippen LogP contribution in [0.4, 0.5) is 5.69 Å². The van der Waals surface area contributed by atoms with Crippen molar-refractivity contribution in [2.45, 2.75) is 54.2 Å². The molecule has 3 rings (SSSR count). The number of thioether (sulfide) groups is 1. The van der Waals surface area contributed by atoms with E-state index in [2.05, 4.69) is 10.6 Å². The zero-order valence-corrected chi connectivity index (χ0v) is 18.6. The largest absolute Gasteiger partial charge is 0.388 e. The van der Waals surface area contributed by atoms with E-state index < -0.39 is 47.3 Å². The standard InChI is InChI=1S/C20H30ClN3O5S/c1-11(21)14(18-16(26)15(25)17(27)20(29-18)30-2)23-19(28)13-10-22-8-9-24(13)12-6-4-3-5-7-12/h3-7,11,13-18,20,22,25-27H,8-10H2,1-2H3,(H,23,28)/t11-,13?,14?,15-,16+,17+,18+,20+/m0/s1. The van der Waals surface area contributed by atoms with E-state index in [9.17, 15) is 20.1 Å². The lowest BCUT2D eigenvalue weighted by Gasteiger charge is -2.44. The van der Waals surface area contributed by atoms with Crippen molar-refractivity contribution < 1.29 is 24.9 Å². The van der Waals surface area contributed by atoms with Crippen molar-refractivity contribution in [3.05, 3.63) is 30.3 Å². The number of hydrogen-bond acceptors (Lipinski definition) is 8. The van der Waals surface area contributed by atoms with Gasteiger partial charge in [0.25, 0.3) is 0 Å². The summed E-state index contributed by atoms with van der Waals surface area (Å²) in [5, 5.41) is 36.5. The summed E-state index contributed by atoms with van der Waals surface area (Å²) < 4.78 is 5.83. The number of piperazine rings is 1. The Kier molecular flexibility index (Phi) is 8.25. The van der Waals surface area contributed by atoms with Crippen LogP contribution in [-0.4, -0.2) is 94.4 Å². The maximum Gasteiger partial charge on any atom is 0.244 e. The molecule has 2 saturated heterocycles. The normalized spacial score (nSPS) is 34.3. The van der Waals surface area contributed by atoms with Gasteiger partial charge < -0.3 is 35.6 Å². The SMILES string of the molecule is CS[C@H]1O[C@H](C(NC(=O)C2CNCCN2c2ccccc2)[C@H](C)Cl)[C@H](O)[C@H](O)[C@H]1O. The van der Waals surface area contributed by atoms with Gasteiger partial charge in [0.05, 0.1) is 11.4 Å². The summed E-state index contributed by atoms with van der Waals surface area (Å²) in [5.74, 6) is -0.249. The number of amides is 1. The van der Waals surface area contributed by atoms with Crippen LogP contribution in [0.5, 0.6) is 0 Å². The molecule has 0 aromatic heterocycles. The maximum absolute atomic E-state index is 13.2. The smallest absolute Gasteiger partial charge is 0.244 e. The monoisotopic (exact) mass is 459 g/mol. The van der Waals surface area contributed by atoms with Crippen LogP contribution >= 0.6 is 23.4 Å². The number of carbonyl (C=O) groups excluding carboxylic acids is 1. The van der Waals surface area contributed by atoms with E-state index in [1.165, 1.54) is 11.8 Å². The molecule has 1 aromatic rings. The summed E-state index contributed by atoms with van der Waals surface area (Å²) >= 11 is 7.59. The van der Waals surface area contributed by atoms with Crippen molar-refractivity contribution in [1.82, 2.24) is 10.6 Å². The van der Waals surface area contributed by atoms with Gasteiger partial charge in [-0.2, -0.15) is 0 Å². The zero-order chi connectivity index (χ0) is 21.8. The van der Waals surface area contributed by atoms with E-state index in [-0.39, 0.29) is 5.91 Å². The molecule has 2 heterocycles. The molecule has 10 heteroatoms. The number of rotatable bonds is 6. The van der Waals surface area contributed by atoms with Crippen LogP contribution in [0.2, 0.25) is 0 Å². The molecule has 2 aliphatic heterocycles. The van der Waals surface area contributed by atoms with E-state index in [0.29, 0.717) is 13.1 Å². The first kappa shape index (κ1) is 23.6. The highest BCUT2D eigenvalue weighted by Crippen LogP contribution is 2.30. The summed E-state index contributed by atoms with van der Waals surface area (Å²) in [6, 6.07) is 8.48. The molecule has 5 N–H and O–H groups in total. The number of aliphatic hydroxyl groups is 3. The second kappa shape index (κ2) is 10.5. The predicted octanol–water partition coefficient (Wildman–Crippen LogP) is -0.252. The molecule has 168 valence electrons. The van der Waals surface area contributed by atoms with E-state index in [0.717, 1.165) is 12.2 Å². The fourth-order valence-electron chi connectivity index (χ4n) is 3.95. The second-order valence-electron chi connectivity index (χ2n) is 7.64. The van der Waals surface area contributed by atoms with Gasteiger partial charge in [-0.15, -0.1) is 23.4 Å². The van der Waals surface area contributed by atoms with Gasteiger partial charge in [0.1, 0.15) is 35.9 Å². The molecule has 0 radical (unpaired) electrons. The van der Waals surface area contributed by atoms with E-state index in [1.807, 2.05) is 35.2 Å². The molecule has 8 nitrogen and oxygen atoms in total. The van der Waals surface area contributed by atoms with Gasteiger partial charge in [-0.05, 0) is 25.3 Å². The average molecular weight is 460 g/mol. The fourth-order valence-corrected chi connectivity index (χ4v) is 4.84. The quantitative estimate of drug-likeness (QED) is 0.370. The van der Waals surface area contributed by atoms with Gasteiger partial charge in [0.15, 0.2) is 0 Å². The topological polar surface area (TPSA) is 114 Å². The molecule has 2 fully saturated rings. The van der Waals surface area contributed by atoms with Crippen LogP contribution in [-0.2, 0) is 9.53 Å². The molecule has 2 unspecified atom stereocenters. The second-order valence-corrected chi connectivity index (χ2v) is 9.26. The number of anilines is 1. The van der Waals surface area contributed by atoms with E-state index in [1.54, 1.807) is 13.2 Å². The Morgan fingerprint density at radius 3 is 2.60 bits per heavy atom. The predicted molar refractivity (Wildman–Crippen MR) is 118 cm³/mol. The number of alkyl halides is 1. The number of benzene rings is 1. The van der Waals surface area contributed by atoms with Gasteiger partial charge >= 0.3 is 0 Å². The minimum absolute atomic E-state index is 0.249. The summed E-state index contributed by atoms with van der Waals surface area (Å²) in [7, 11) is 0. The maximum atomic E-state index is 13.2. The Labute approximate surface area is 185 Å². The zero-order valence-electron chi connectivity index (χ0n) is 17.0. The number of hydrogen-bond donors (Lipinski definition) is 5. The lowest BCUT2D eigenvalue weighted by Crippen LogP contribution is -2.66. The molecule has 1 amide bonds. The first-order valence-corrected chi connectivity index (χ1v) is 11.8. The van der Waals surface area contributed by atoms with Crippen LogP contribution in [0.15, 0.2) is 30.3 Å². The third-order valence-electron chi connectivity index (χ3n) is 5.63. The molecule has 0 saturated carbocycles. The van der Waals surface area contributed by atoms with Crippen molar-refractivity contribution in [1.29, 1.82) is 0 Å². The van der Waals surface area contributed by atoms with Crippen LogP contribution in [0.3, 0.4) is 0 Å². The lowest BCUT2D eigenvalue weighted by atomic mass is 9.93. The number of nitrogens with zero attached hydrogens (tertiary/aromatic N) is 1. The number of nitrogens with one attached hydrogen (secondary N) is 2. The average Bonchev–Trinajstić information content (AvgIpc) is 2.77. The van der Waals surface area contributed by atoms with E-state index >= 15 is 0 Å². The minimum Gasteiger partial charge on any atom is -0.388 e. The summed E-state index contributed by atoms with van der Waals surface area (Å²) in [4.78, 5) is 15.3. The first-order chi connectivity index (χ1) is 14.3. The van der Waals surface area contributed by atoms with Crippen molar-refractivity contribution in [3.8, 4) is 0 Å². The molecule has 30 heavy (non-hydrogen) atoms. The van der Waals surface area contributed by atoms with Crippen molar-refractivity contribution in [2.75, 3.05) is 30.8 Å². The van der Waals surface area contributed by atoms with Crippen molar-refractivity contribution in [3.63, 3.8) is 0 Å². The summed E-state index contributed by atoms with van der Waals surface area (Å²) in [6.45, 7) is 3.60. The Morgan fingerprint density at radius 1 is 1.27 bits per heavy atom. The molecule has 0 bridgehead atoms. The molecule has 0 spiro atoms. The molecule has 2 aliphatic rings. The Morgan fingerprint density at radius 2 is 1.97 bits per heavy atom.